The number of imide groups is 1. The highest BCUT2D eigenvalue weighted by Crippen LogP contribution is 2.22. The second-order valence-electron chi connectivity index (χ2n) is 6.00. The summed E-state index contributed by atoms with van der Waals surface area (Å²) in [4.78, 5) is 23.7. The van der Waals surface area contributed by atoms with Crippen LogP contribution in [0.5, 0.6) is 0 Å². The number of carbonyl (C=O) groups is 2. The number of amides is 3. The lowest BCUT2D eigenvalue weighted by atomic mass is 10.1. The van der Waals surface area contributed by atoms with Gasteiger partial charge in [-0.3, -0.25) is 10.1 Å². The molecule has 1 aromatic carbocycles. The highest BCUT2D eigenvalue weighted by Gasteiger charge is 2.20. The van der Waals surface area contributed by atoms with E-state index in [-0.39, 0.29) is 11.9 Å². The minimum absolute atomic E-state index is 0.0324. The molecule has 0 aliphatic heterocycles. The standard InChI is InChI=1S/C17H23N5O2S/c1-11(2)18-16(24)19-15(23)12(3)25-17-21-20-14(22(17)4)10-13-8-6-5-7-9-13/h5-9,11-12H,10H2,1-4H3,(H2,18,19,23,24)/t12-/m1/s1. The third-order valence-corrected chi connectivity index (χ3v) is 4.57. The number of hydrogen-bond donors (Lipinski definition) is 2. The van der Waals surface area contributed by atoms with Crippen LogP contribution < -0.4 is 10.6 Å². The van der Waals surface area contributed by atoms with Crippen LogP contribution in [-0.2, 0) is 18.3 Å². The highest BCUT2D eigenvalue weighted by atomic mass is 32.2. The highest BCUT2D eigenvalue weighted by molar-refractivity contribution is 8.00. The summed E-state index contributed by atoms with van der Waals surface area (Å²) < 4.78 is 1.87. The molecule has 2 aromatic rings. The summed E-state index contributed by atoms with van der Waals surface area (Å²) in [6.07, 6.45) is 0.669. The first-order valence-corrected chi connectivity index (χ1v) is 8.95. The number of hydrogen-bond acceptors (Lipinski definition) is 5. The van der Waals surface area contributed by atoms with Crippen LogP contribution >= 0.6 is 11.8 Å². The number of carbonyl (C=O) groups excluding carboxylic acids is 2. The molecular formula is C17H23N5O2S. The minimum atomic E-state index is -0.491. The molecule has 2 rings (SSSR count). The van der Waals surface area contributed by atoms with Crippen LogP contribution in [0.25, 0.3) is 0 Å². The maximum absolute atomic E-state index is 12.1. The van der Waals surface area contributed by atoms with Crippen molar-refractivity contribution in [2.45, 2.75) is 43.6 Å². The molecule has 3 amide bonds. The Bertz CT molecular complexity index is 730. The smallest absolute Gasteiger partial charge is 0.321 e. The molecule has 1 atom stereocenters. The van der Waals surface area contributed by atoms with Gasteiger partial charge < -0.3 is 9.88 Å². The van der Waals surface area contributed by atoms with Gasteiger partial charge in [0.25, 0.3) is 0 Å². The summed E-state index contributed by atoms with van der Waals surface area (Å²) in [7, 11) is 1.87. The Hall–Kier alpha value is -2.35. The molecule has 8 heteroatoms. The van der Waals surface area contributed by atoms with Crippen molar-refractivity contribution in [1.29, 1.82) is 0 Å². The average Bonchev–Trinajstić information content (AvgIpc) is 2.88. The van der Waals surface area contributed by atoms with E-state index in [1.165, 1.54) is 11.8 Å². The average molecular weight is 361 g/mol. The zero-order valence-electron chi connectivity index (χ0n) is 14.8. The van der Waals surface area contributed by atoms with Crippen molar-refractivity contribution in [3.8, 4) is 0 Å². The first-order valence-electron chi connectivity index (χ1n) is 8.07. The van der Waals surface area contributed by atoms with Crippen molar-refractivity contribution in [2.24, 2.45) is 7.05 Å². The van der Waals surface area contributed by atoms with E-state index >= 15 is 0 Å². The fraction of sp³-hybridized carbons (Fsp3) is 0.412. The first-order chi connectivity index (χ1) is 11.9. The van der Waals surface area contributed by atoms with Gasteiger partial charge in [0.1, 0.15) is 5.82 Å². The van der Waals surface area contributed by atoms with Crippen LogP contribution in [0.4, 0.5) is 4.79 Å². The molecule has 0 aliphatic rings. The van der Waals surface area contributed by atoms with Crippen LogP contribution in [0.2, 0.25) is 0 Å². The number of nitrogens with one attached hydrogen (secondary N) is 2. The Balaban J connectivity index is 1.96. The number of thioether (sulfide) groups is 1. The van der Waals surface area contributed by atoms with Gasteiger partial charge in [-0.05, 0) is 26.3 Å². The van der Waals surface area contributed by atoms with Gasteiger partial charge in [-0.25, -0.2) is 4.79 Å². The molecular weight excluding hydrogens is 338 g/mol. The van der Waals surface area contributed by atoms with Gasteiger partial charge in [0, 0.05) is 19.5 Å². The van der Waals surface area contributed by atoms with Crippen LogP contribution in [0, 0.1) is 0 Å². The second kappa shape index (κ2) is 8.66. The predicted octanol–water partition coefficient (Wildman–Crippen LogP) is 2.12. The predicted molar refractivity (Wildman–Crippen MR) is 97.4 cm³/mol. The number of rotatable bonds is 6. The molecule has 0 spiro atoms. The zero-order valence-corrected chi connectivity index (χ0v) is 15.6. The van der Waals surface area contributed by atoms with Crippen molar-refractivity contribution in [2.75, 3.05) is 0 Å². The third-order valence-electron chi connectivity index (χ3n) is 3.44. The third kappa shape index (κ3) is 5.60. The number of aromatic nitrogens is 3. The Morgan fingerprint density at radius 3 is 2.48 bits per heavy atom. The number of benzene rings is 1. The largest absolute Gasteiger partial charge is 0.336 e. The summed E-state index contributed by atoms with van der Waals surface area (Å²) in [5.41, 5.74) is 1.14. The summed E-state index contributed by atoms with van der Waals surface area (Å²) >= 11 is 1.27. The molecule has 0 bridgehead atoms. The summed E-state index contributed by atoms with van der Waals surface area (Å²) in [5, 5.41) is 13.5. The zero-order chi connectivity index (χ0) is 18.4. The van der Waals surface area contributed by atoms with E-state index in [9.17, 15) is 9.59 Å². The van der Waals surface area contributed by atoms with Crippen LogP contribution in [0.1, 0.15) is 32.2 Å². The lowest BCUT2D eigenvalue weighted by molar-refractivity contribution is -0.119. The van der Waals surface area contributed by atoms with E-state index in [0.717, 1.165) is 11.4 Å². The molecule has 0 fully saturated rings. The van der Waals surface area contributed by atoms with E-state index in [1.807, 2.05) is 55.8 Å². The molecule has 0 saturated carbocycles. The molecule has 0 aliphatic carbocycles. The molecule has 1 aromatic heterocycles. The lowest BCUT2D eigenvalue weighted by Gasteiger charge is -2.13. The van der Waals surface area contributed by atoms with Crippen molar-refractivity contribution in [3.63, 3.8) is 0 Å². The molecule has 0 radical (unpaired) electrons. The molecule has 1 heterocycles. The summed E-state index contributed by atoms with van der Waals surface area (Å²) in [6, 6.07) is 9.48. The Kier molecular flexibility index (Phi) is 6.58. The van der Waals surface area contributed by atoms with Gasteiger partial charge in [-0.2, -0.15) is 0 Å². The monoisotopic (exact) mass is 361 g/mol. The molecule has 7 nitrogen and oxygen atoms in total. The van der Waals surface area contributed by atoms with Gasteiger partial charge >= 0.3 is 6.03 Å². The molecule has 25 heavy (non-hydrogen) atoms. The fourth-order valence-corrected chi connectivity index (χ4v) is 2.94. The minimum Gasteiger partial charge on any atom is -0.336 e. The topological polar surface area (TPSA) is 88.9 Å². The normalized spacial score (nSPS) is 12.0. The summed E-state index contributed by atoms with van der Waals surface area (Å²) in [5.74, 6) is 0.453. The molecule has 134 valence electrons. The van der Waals surface area contributed by atoms with E-state index in [2.05, 4.69) is 20.8 Å². The number of nitrogens with zero attached hydrogens (tertiary/aromatic N) is 3. The quantitative estimate of drug-likeness (QED) is 0.770. The maximum Gasteiger partial charge on any atom is 0.321 e. The van der Waals surface area contributed by atoms with E-state index in [1.54, 1.807) is 6.92 Å². The maximum atomic E-state index is 12.1. The lowest BCUT2D eigenvalue weighted by Crippen LogP contribution is -2.45. The Morgan fingerprint density at radius 2 is 1.84 bits per heavy atom. The Labute approximate surface area is 151 Å². The van der Waals surface area contributed by atoms with Gasteiger partial charge in [0.05, 0.1) is 5.25 Å². The molecule has 0 saturated heterocycles. The van der Waals surface area contributed by atoms with Crippen molar-refractivity contribution < 1.29 is 9.59 Å². The van der Waals surface area contributed by atoms with Crippen molar-refractivity contribution in [3.05, 3.63) is 41.7 Å². The van der Waals surface area contributed by atoms with Gasteiger partial charge in [-0.15, -0.1) is 10.2 Å². The molecule has 0 unspecified atom stereocenters. The van der Waals surface area contributed by atoms with Crippen LogP contribution in [0.3, 0.4) is 0 Å². The number of urea groups is 1. The Morgan fingerprint density at radius 1 is 1.16 bits per heavy atom. The van der Waals surface area contributed by atoms with Crippen LogP contribution in [-0.4, -0.2) is 38.0 Å². The van der Waals surface area contributed by atoms with Crippen molar-refractivity contribution in [1.82, 2.24) is 25.4 Å². The second-order valence-corrected chi connectivity index (χ2v) is 7.31. The fourth-order valence-electron chi connectivity index (χ4n) is 2.10. The van der Waals surface area contributed by atoms with E-state index in [4.69, 9.17) is 0 Å². The van der Waals surface area contributed by atoms with Gasteiger partial charge in [-0.1, -0.05) is 42.1 Å². The molecule has 2 N–H and O–H groups in total. The first kappa shape index (κ1) is 19.0. The van der Waals surface area contributed by atoms with E-state index in [0.29, 0.717) is 11.6 Å². The SMILES string of the molecule is CC(C)NC(=O)NC(=O)[C@@H](C)Sc1nnc(Cc2ccccc2)n1C. The van der Waals surface area contributed by atoms with Gasteiger partial charge in [0.15, 0.2) is 5.16 Å². The van der Waals surface area contributed by atoms with E-state index < -0.39 is 11.3 Å². The van der Waals surface area contributed by atoms with Crippen LogP contribution in [0.15, 0.2) is 35.5 Å². The van der Waals surface area contributed by atoms with Gasteiger partial charge in [0.2, 0.25) is 5.91 Å². The van der Waals surface area contributed by atoms with Crippen molar-refractivity contribution >= 4 is 23.7 Å². The summed E-state index contributed by atoms with van der Waals surface area (Å²) in [6.45, 7) is 5.39.